The highest BCUT2D eigenvalue weighted by Gasteiger charge is 2.33. The molecule has 0 fully saturated rings. The summed E-state index contributed by atoms with van der Waals surface area (Å²) in [7, 11) is 0. The fourth-order valence-electron chi connectivity index (χ4n) is 2.92. The summed E-state index contributed by atoms with van der Waals surface area (Å²) < 4.78 is 12.4. The number of para-hydroxylation sites is 1. The third kappa shape index (κ3) is 2.84. The lowest BCUT2D eigenvalue weighted by atomic mass is 9.54. The van der Waals surface area contributed by atoms with Gasteiger partial charge in [-0.1, -0.05) is 47.5 Å². The smallest absolute Gasteiger partial charge is 0.365 e. The molecule has 0 unspecified atom stereocenters. The van der Waals surface area contributed by atoms with Gasteiger partial charge in [-0.3, -0.25) is 0 Å². The van der Waals surface area contributed by atoms with Gasteiger partial charge in [0.05, 0.1) is 6.10 Å². The molecule has 2 atom stereocenters. The van der Waals surface area contributed by atoms with Crippen LogP contribution >= 0.6 is 0 Å². The van der Waals surface area contributed by atoms with Crippen molar-refractivity contribution in [1.82, 2.24) is 0 Å². The zero-order chi connectivity index (χ0) is 15.0. The van der Waals surface area contributed by atoms with Gasteiger partial charge < -0.3 is 9.39 Å². The Kier molecular flexibility index (Phi) is 3.77. The molecule has 1 aliphatic rings. The van der Waals surface area contributed by atoms with Crippen molar-refractivity contribution >= 4 is 17.8 Å². The molecule has 1 heterocycles. The summed E-state index contributed by atoms with van der Waals surface area (Å²) in [5.74, 6) is 0.929. The highest BCUT2D eigenvalue weighted by atomic mass is 16.5. The van der Waals surface area contributed by atoms with E-state index in [1.165, 1.54) is 16.6 Å². The molecule has 0 saturated carbocycles. The zero-order valence-corrected chi connectivity index (χ0v) is 13.1. The number of hydrogen-bond acceptors (Lipinski definition) is 2. The van der Waals surface area contributed by atoms with Crippen LogP contribution in [-0.2, 0) is 4.65 Å². The van der Waals surface area contributed by atoms with Gasteiger partial charge in [-0.15, -0.1) is 0 Å². The highest BCUT2D eigenvalue weighted by molar-refractivity contribution is 6.80. The predicted molar refractivity (Wildman–Crippen MR) is 88.0 cm³/mol. The second-order valence-corrected chi connectivity index (χ2v) is 6.00. The monoisotopic (exact) mass is 280 g/mol. The molecule has 3 heteroatoms. The predicted octanol–water partition coefficient (Wildman–Crippen LogP) is 2.60. The fraction of sp³-hybridized carbons (Fsp3) is 0.333. The second-order valence-electron chi connectivity index (χ2n) is 6.00. The van der Waals surface area contributed by atoms with E-state index in [4.69, 9.17) is 9.39 Å². The molecule has 0 spiro atoms. The summed E-state index contributed by atoms with van der Waals surface area (Å²) >= 11 is 0. The van der Waals surface area contributed by atoms with E-state index in [1.807, 2.05) is 18.2 Å². The quantitative estimate of drug-likeness (QED) is 0.748. The van der Waals surface area contributed by atoms with Crippen LogP contribution < -0.4 is 15.7 Å². The van der Waals surface area contributed by atoms with E-state index in [1.54, 1.807) is 0 Å². The molecule has 3 rings (SSSR count). The topological polar surface area (TPSA) is 18.5 Å². The molecule has 0 saturated heterocycles. The van der Waals surface area contributed by atoms with Gasteiger partial charge in [-0.25, -0.2) is 0 Å². The minimum Gasteiger partial charge on any atom is -0.489 e. The maximum absolute atomic E-state index is 6.32. The van der Waals surface area contributed by atoms with Gasteiger partial charge in [0.15, 0.2) is 0 Å². The number of ether oxygens (including phenoxy) is 1. The summed E-state index contributed by atoms with van der Waals surface area (Å²) in [5.41, 5.74) is 4.83. The molecule has 0 bridgehead atoms. The molecule has 0 aliphatic carbocycles. The minimum atomic E-state index is -0.0697. The summed E-state index contributed by atoms with van der Waals surface area (Å²) in [5, 5.41) is 0. The van der Waals surface area contributed by atoms with Crippen LogP contribution in [0.1, 0.15) is 25.0 Å². The lowest BCUT2D eigenvalue weighted by Crippen LogP contribution is -2.46. The first-order chi connectivity index (χ1) is 10.0. The highest BCUT2D eigenvalue weighted by Crippen LogP contribution is 2.19. The van der Waals surface area contributed by atoms with Gasteiger partial charge in [0.1, 0.15) is 11.9 Å². The summed E-state index contributed by atoms with van der Waals surface area (Å²) in [6, 6.07) is 14.8. The average Bonchev–Trinajstić information content (AvgIpc) is 2.55. The normalized spacial score (nSPS) is 21.4. The van der Waals surface area contributed by atoms with Crippen molar-refractivity contribution in [2.45, 2.75) is 39.9 Å². The van der Waals surface area contributed by atoms with Crippen LogP contribution in [0.15, 0.2) is 42.5 Å². The van der Waals surface area contributed by atoms with Crippen molar-refractivity contribution in [2.75, 3.05) is 0 Å². The minimum absolute atomic E-state index is 0.0436. The van der Waals surface area contributed by atoms with E-state index >= 15 is 0 Å². The van der Waals surface area contributed by atoms with Crippen molar-refractivity contribution in [3.8, 4) is 5.75 Å². The van der Waals surface area contributed by atoms with Crippen LogP contribution in [0.4, 0.5) is 0 Å². The van der Waals surface area contributed by atoms with Gasteiger partial charge in [-0.05, 0) is 44.7 Å². The van der Waals surface area contributed by atoms with Crippen molar-refractivity contribution in [3.63, 3.8) is 0 Å². The average molecular weight is 280 g/mol. The Labute approximate surface area is 127 Å². The molecular weight excluding hydrogens is 259 g/mol. The first-order valence-corrected chi connectivity index (χ1v) is 7.54. The summed E-state index contributed by atoms with van der Waals surface area (Å²) in [4.78, 5) is 0. The van der Waals surface area contributed by atoms with Gasteiger partial charge in [-0.2, -0.15) is 0 Å². The SMILES string of the molecule is Cc1cc(C)cc(B2O[C@@H](C)[C@H](C)Oc3ccccc32)c1. The van der Waals surface area contributed by atoms with E-state index in [9.17, 15) is 0 Å². The van der Waals surface area contributed by atoms with Gasteiger partial charge >= 0.3 is 6.92 Å². The van der Waals surface area contributed by atoms with Crippen molar-refractivity contribution in [1.29, 1.82) is 0 Å². The van der Waals surface area contributed by atoms with Gasteiger partial charge in [0.25, 0.3) is 0 Å². The maximum Gasteiger partial charge on any atom is 0.365 e. The first kappa shape index (κ1) is 14.2. The van der Waals surface area contributed by atoms with E-state index in [-0.39, 0.29) is 19.1 Å². The number of aryl methyl sites for hydroxylation is 2. The second kappa shape index (κ2) is 5.57. The first-order valence-electron chi connectivity index (χ1n) is 7.54. The van der Waals surface area contributed by atoms with Gasteiger partial charge in [0, 0.05) is 0 Å². The van der Waals surface area contributed by atoms with Crippen LogP contribution in [0.3, 0.4) is 0 Å². The molecule has 0 N–H and O–H groups in total. The van der Waals surface area contributed by atoms with Crippen molar-refractivity contribution in [3.05, 3.63) is 53.6 Å². The van der Waals surface area contributed by atoms with Crippen molar-refractivity contribution in [2.24, 2.45) is 0 Å². The molecular formula is C18H21BO2. The lowest BCUT2D eigenvalue weighted by molar-refractivity contribution is 0.0875. The molecule has 0 radical (unpaired) electrons. The number of benzene rings is 2. The number of rotatable bonds is 1. The number of hydrogen-bond donors (Lipinski definition) is 0. The molecule has 2 nitrogen and oxygen atoms in total. The molecule has 108 valence electrons. The van der Waals surface area contributed by atoms with E-state index in [0.717, 1.165) is 11.2 Å². The van der Waals surface area contributed by atoms with Crippen molar-refractivity contribution < 1.29 is 9.39 Å². The Balaban J connectivity index is 2.11. The van der Waals surface area contributed by atoms with Gasteiger partial charge in [0.2, 0.25) is 0 Å². The molecule has 0 amide bonds. The Morgan fingerprint density at radius 3 is 2.29 bits per heavy atom. The van der Waals surface area contributed by atoms with Crippen LogP contribution in [0, 0.1) is 13.8 Å². The molecule has 2 aromatic carbocycles. The van der Waals surface area contributed by atoms with Crippen LogP contribution in [-0.4, -0.2) is 19.1 Å². The van der Waals surface area contributed by atoms with E-state index in [0.29, 0.717) is 0 Å². The third-order valence-corrected chi connectivity index (χ3v) is 4.07. The molecule has 2 aromatic rings. The third-order valence-electron chi connectivity index (χ3n) is 4.07. The maximum atomic E-state index is 6.32. The molecule has 1 aliphatic heterocycles. The summed E-state index contributed by atoms with van der Waals surface area (Å²) in [6.07, 6.45) is 0.0882. The Bertz CT molecular complexity index is 633. The largest absolute Gasteiger partial charge is 0.489 e. The number of fused-ring (bicyclic) bond motifs is 1. The fourth-order valence-corrected chi connectivity index (χ4v) is 2.92. The Morgan fingerprint density at radius 2 is 1.57 bits per heavy atom. The van der Waals surface area contributed by atoms with E-state index in [2.05, 4.69) is 52.0 Å². The molecule has 21 heavy (non-hydrogen) atoms. The Hall–Kier alpha value is -1.74. The molecule has 0 aromatic heterocycles. The van der Waals surface area contributed by atoms with Crippen LogP contribution in [0.25, 0.3) is 0 Å². The standard InChI is InChI=1S/C18H21BO2/c1-12-9-13(2)11-16(10-12)19-17-7-5-6-8-18(17)20-14(3)15(4)21-19/h5-11,14-15H,1-4H3/t14-,15-/m0/s1. The van der Waals surface area contributed by atoms with E-state index < -0.39 is 0 Å². The lowest BCUT2D eigenvalue weighted by Gasteiger charge is -2.20. The van der Waals surface area contributed by atoms with Crippen LogP contribution in [0.5, 0.6) is 5.75 Å². The van der Waals surface area contributed by atoms with Crippen LogP contribution in [0.2, 0.25) is 0 Å². The zero-order valence-electron chi connectivity index (χ0n) is 13.1. The Morgan fingerprint density at radius 1 is 0.905 bits per heavy atom. The summed E-state index contributed by atoms with van der Waals surface area (Å²) in [6.45, 7) is 8.32.